The van der Waals surface area contributed by atoms with Crippen LogP contribution in [0.3, 0.4) is 0 Å². The summed E-state index contributed by atoms with van der Waals surface area (Å²) in [6.45, 7) is 5.27. The molecule has 6 rings (SSSR count). The third-order valence-corrected chi connectivity index (χ3v) is 10.7. The molecule has 3 N–H and O–H groups in total. The van der Waals surface area contributed by atoms with E-state index < -0.39 is 41.9 Å². The Labute approximate surface area is 314 Å². The van der Waals surface area contributed by atoms with Crippen LogP contribution in [0.2, 0.25) is 0 Å². The molecule has 0 radical (unpaired) electrons. The van der Waals surface area contributed by atoms with Gasteiger partial charge in [-0.15, -0.1) is 0 Å². The van der Waals surface area contributed by atoms with Gasteiger partial charge in [0.15, 0.2) is 0 Å². The first-order valence-corrected chi connectivity index (χ1v) is 18.7. The molecule has 5 aliphatic rings. The van der Waals surface area contributed by atoms with E-state index in [2.05, 4.69) is 54.5 Å². The lowest BCUT2D eigenvalue weighted by Gasteiger charge is -2.43. The number of aliphatic hydroxyl groups is 1. The highest BCUT2D eigenvalue weighted by molar-refractivity contribution is 6.24. The van der Waals surface area contributed by atoms with Crippen molar-refractivity contribution in [3.05, 3.63) is 58.7 Å². The zero-order valence-corrected chi connectivity index (χ0v) is 30.5. The van der Waals surface area contributed by atoms with Crippen molar-refractivity contribution in [2.24, 2.45) is 23.7 Å². The fourth-order valence-corrected chi connectivity index (χ4v) is 8.14. The number of benzene rings is 1. The smallest absolute Gasteiger partial charge is 0.407 e. The molecule has 14 heteroatoms. The predicted octanol–water partition coefficient (Wildman–Crippen LogP) is 2.82. The minimum atomic E-state index is -1.05. The van der Waals surface area contributed by atoms with Crippen LogP contribution in [0.25, 0.3) is 0 Å². The van der Waals surface area contributed by atoms with Crippen LogP contribution in [-0.4, -0.2) is 103 Å². The van der Waals surface area contributed by atoms with Crippen LogP contribution in [0.5, 0.6) is 0 Å². The van der Waals surface area contributed by atoms with Crippen LogP contribution in [0, 0.1) is 35.5 Å². The zero-order valence-electron chi connectivity index (χ0n) is 30.5. The van der Waals surface area contributed by atoms with E-state index in [0.717, 1.165) is 16.9 Å². The van der Waals surface area contributed by atoms with Gasteiger partial charge in [0.2, 0.25) is 11.8 Å². The topological polar surface area (TPSA) is 187 Å². The van der Waals surface area contributed by atoms with Crippen LogP contribution in [0.4, 0.5) is 4.79 Å². The lowest BCUT2D eigenvalue weighted by molar-refractivity contribution is -0.160. The summed E-state index contributed by atoms with van der Waals surface area (Å²) in [7, 11) is 0. The number of amides is 5. The summed E-state index contributed by atoms with van der Waals surface area (Å²) >= 11 is 0. The van der Waals surface area contributed by atoms with Crippen LogP contribution in [0.1, 0.15) is 85.1 Å². The van der Waals surface area contributed by atoms with E-state index >= 15 is 0 Å². The third kappa shape index (κ3) is 9.09. The first kappa shape index (κ1) is 38.9. The zero-order chi connectivity index (χ0) is 38.4. The first-order chi connectivity index (χ1) is 26.0. The van der Waals surface area contributed by atoms with Crippen molar-refractivity contribution < 1.29 is 52.8 Å². The predicted molar refractivity (Wildman–Crippen MR) is 191 cm³/mol. The number of aliphatic hydroxyl groups excluding tert-OH is 1. The number of piperidine rings is 1. The maximum atomic E-state index is 13.2. The van der Waals surface area contributed by atoms with E-state index in [1.807, 2.05) is 0 Å². The molecule has 0 saturated carbocycles. The van der Waals surface area contributed by atoms with Gasteiger partial charge in [-0.25, -0.2) is 4.79 Å². The SMILES string of the molecule is C[C@H]1C=C2C=C[C@H](C)[C@H](CC[C@@H]3C[C@@H](O)CC(=O)O3)[C@H]2[C@@H](OC(=O)NCCOCCOCC#Cc2cccc3c2C(=O)N(C2CCC(=O)NC2=O)C3=O)C1. The van der Waals surface area contributed by atoms with Gasteiger partial charge in [0, 0.05) is 30.9 Å². The monoisotopic (exact) mass is 745 g/mol. The second kappa shape index (κ2) is 17.5. The highest BCUT2D eigenvalue weighted by atomic mass is 16.6. The number of fused-ring (bicyclic) bond motifs is 2. The van der Waals surface area contributed by atoms with Crippen molar-refractivity contribution >= 4 is 35.7 Å². The molecule has 2 fully saturated rings. The summed E-state index contributed by atoms with van der Waals surface area (Å²) in [6, 6.07) is 3.69. The van der Waals surface area contributed by atoms with Gasteiger partial charge in [0.25, 0.3) is 11.8 Å². The molecule has 2 saturated heterocycles. The number of nitrogens with zero attached hydrogens (tertiary/aromatic N) is 1. The van der Waals surface area contributed by atoms with Crippen LogP contribution >= 0.6 is 0 Å². The maximum Gasteiger partial charge on any atom is 0.407 e. The number of hydrogen-bond acceptors (Lipinski definition) is 11. The van der Waals surface area contributed by atoms with Crippen molar-refractivity contribution in [2.75, 3.05) is 33.0 Å². The van der Waals surface area contributed by atoms with Crippen LogP contribution in [0.15, 0.2) is 42.0 Å². The van der Waals surface area contributed by atoms with Crippen molar-refractivity contribution in [1.29, 1.82) is 0 Å². The average Bonchev–Trinajstić information content (AvgIpc) is 3.37. The number of rotatable bonds is 12. The quantitative estimate of drug-likeness (QED) is 0.124. The summed E-state index contributed by atoms with van der Waals surface area (Å²) in [4.78, 5) is 75.8. The van der Waals surface area contributed by atoms with E-state index in [-0.39, 0.29) is 105 Å². The van der Waals surface area contributed by atoms with Crippen molar-refractivity contribution in [2.45, 2.75) is 83.1 Å². The number of hydrogen-bond donors (Lipinski definition) is 3. The molecule has 0 bridgehead atoms. The minimum absolute atomic E-state index is 0.0194. The molecule has 3 heterocycles. The fraction of sp³-hybridized carbons (Fsp3) is 0.550. The van der Waals surface area contributed by atoms with Crippen molar-refractivity contribution in [3.8, 4) is 11.8 Å². The Morgan fingerprint density at radius 1 is 1.06 bits per heavy atom. The number of ether oxygens (including phenoxy) is 4. The van der Waals surface area contributed by atoms with Gasteiger partial charge in [-0.05, 0) is 61.1 Å². The van der Waals surface area contributed by atoms with Gasteiger partial charge in [-0.1, -0.05) is 50.0 Å². The molecule has 2 aliphatic carbocycles. The number of carbonyl (C=O) groups excluding carboxylic acids is 6. The Balaban J connectivity index is 0.905. The standard InChI is InChI=1S/C40H47N3O11/c1-23-19-26-9-8-24(2)29(11-10-28-21-27(44)22-34(46)53-28)35(26)32(20-23)54-40(50)41-14-16-52-18-17-51-15-4-6-25-5-3-7-30-36(25)39(49)43(38(30)48)31-12-13-33(45)42-37(31)47/h3,5,7-9,19,23-24,27-29,31-32,35,44H,10-18,20-22H2,1-2H3,(H,41,50)(H,42,45,47)/t23-,24-,27+,28+,29-,31?,32-,35-/m0/s1. The van der Waals surface area contributed by atoms with Gasteiger partial charge in [0.1, 0.15) is 24.9 Å². The molecule has 1 unspecified atom stereocenters. The molecule has 1 aromatic carbocycles. The van der Waals surface area contributed by atoms with Crippen molar-refractivity contribution in [1.82, 2.24) is 15.5 Å². The summed E-state index contributed by atoms with van der Waals surface area (Å²) in [5.41, 5.74) is 1.78. The van der Waals surface area contributed by atoms with Crippen molar-refractivity contribution in [3.63, 3.8) is 0 Å². The van der Waals surface area contributed by atoms with Gasteiger partial charge >= 0.3 is 12.1 Å². The van der Waals surface area contributed by atoms with Gasteiger partial charge in [0.05, 0.1) is 43.5 Å². The fourth-order valence-electron chi connectivity index (χ4n) is 8.14. The summed E-state index contributed by atoms with van der Waals surface area (Å²) < 4.78 is 22.6. The number of alkyl carbamates (subject to hydrolysis) is 1. The number of imide groups is 2. The molecular formula is C40H47N3O11. The van der Waals surface area contributed by atoms with Crippen LogP contribution in [-0.2, 0) is 33.3 Å². The molecule has 14 nitrogen and oxygen atoms in total. The Bertz CT molecular complexity index is 1780. The number of carbonyl (C=O) groups is 6. The lowest BCUT2D eigenvalue weighted by atomic mass is 9.65. The highest BCUT2D eigenvalue weighted by Crippen LogP contribution is 2.45. The van der Waals surface area contributed by atoms with Gasteiger partial charge < -0.3 is 29.4 Å². The highest BCUT2D eigenvalue weighted by Gasteiger charge is 2.46. The third-order valence-electron chi connectivity index (χ3n) is 10.7. The molecule has 0 spiro atoms. The summed E-state index contributed by atoms with van der Waals surface area (Å²) in [6.07, 6.45) is 7.47. The number of cyclic esters (lactones) is 1. The van der Waals surface area contributed by atoms with Crippen LogP contribution < -0.4 is 10.6 Å². The van der Waals surface area contributed by atoms with E-state index in [1.165, 1.54) is 6.07 Å². The van der Waals surface area contributed by atoms with E-state index in [0.29, 0.717) is 24.8 Å². The molecule has 54 heavy (non-hydrogen) atoms. The molecule has 288 valence electrons. The molecule has 8 atom stereocenters. The Hall–Kier alpha value is -4.84. The maximum absolute atomic E-state index is 13.2. The van der Waals surface area contributed by atoms with E-state index in [4.69, 9.17) is 18.9 Å². The normalized spacial score (nSPS) is 29.0. The Morgan fingerprint density at radius 2 is 1.87 bits per heavy atom. The Morgan fingerprint density at radius 3 is 2.67 bits per heavy atom. The van der Waals surface area contributed by atoms with Gasteiger partial charge in [-0.3, -0.25) is 34.2 Å². The summed E-state index contributed by atoms with van der Waals surface area (Å²) in [5.74, 6) is 3.72. The molecular weight excluding hydrogens is 698 g/mol. The summed E-state index contributed by atoms with van der Waals surface area (Å²) in [5, 5.41) is 15.0. The molecule has 0 aromatic heterocycles. The first-order valence-electron chi connectivity index (χ1n) is 18.7. The molecule has 1 aromatic rings. The number of esters is 1. The minimum Gasteiger partial charge on any atom is -0.462 e. The van der Waals surface area contributed by atoms with Gasteiger partial charge in [-0.2, -0.15) is 0 Å². The number of allylic oxidation sites excluding steroid dienone is 3. The molecule has 3 aliphatic heterocycles. The number of nitrogens with one attached hydrogen (secondary N) is 2. The second-order valence-corrected chi connectivity index (χ2v) is 14.6. The Kier molecular flexibility index (Phi) is 12.6. The second-order valence-electron chi connectivity index (χ2n) is 14.6. The molecule has 5 amide bonds. The lowest BCUT2D eigenvalue weighted by Crippen LogP contribution is -2.54. The van der Waals surface area contributed by atoms with E-state index in [9.17, 15) is 33.9 Å². The van der Waals surface area contributed by atoms with E-state index in [1.54, 1.807) is 12.1 Å². The average molecular weight is 746 g/mol. The largest absolute Gasteiger partial charge is 0.462 e.